The van der Waals surface area contributed by atoms with Gasteiger partial charge in [0.25, 0.3) is 0 Å². The maximum atomic E-state index is 3.84. The Bertz CT molecular complexity index is 193. The molecule has 88 valence electrons. The van der Waals surface area contributed by atoms with E-state index in [-0.39, 0.29) is 0 Å². The Balaban J connectivity index is 1.72. The van der Waals surface area contributed by atoms with Gasteiger partial charge in [0.2, 0.25) is 0 Å². The molecule has 1 saturated heterocycles. The van der Waals surface area contributed by atoms with Gasteiger partial charge in [-0.05, 0) is 64.5 Å². The Kier molecular flexibility index (Phi) is 3.68. The Morgan fingerprint density at radius 2 is 2.20 bits per heavy atom. The van der Waals surface area contributed by atoms with Gasteiger partial charge in [0.1, 0.15) is 0 Å². The molecule has 1 saturated carbocycles. The van der Waals surface area contributed by atoms with Crippen LogP contribution in [0, 0.1) is 5.92 Å². The molecule has 2 N–H and O–H groups in total. The maximum absolute atomic E-state index is 3.84. The van der Waals surface area contributed by atoms with Crippen LogP contribution in [0.15, 0.2) is 0 Å². The van der Waals surface area contributed by atoms with E-state index in [1.165, 1.54) is 51.6 Å². The zero-order chi connectivity index (χ0) is 10.7. The van der Waals surface area contributed by atoms with Crippen molar-refractivity contribution in [2.24, 2.45) is 5.92 Å². The average molecular weight is 210 g/mol. The van der Waals surface area contributed by atoms with Gasteiger partial charge in [-0.25, -0.2) is 0 Å². The molecular weight excluding hydrogens is 184 g/mol. The summed E-state index contributed by atoms with van der Waals surface area (Å²) >= 11 is 0. The summed E-state index contributed by atoms with van der Waals surface area (Å²) in [6.45, 7) is 7.11. The summed E-state index contributed by atoms with van der Waals surface area (Å²) in [4.78, 5) is 0. The van der Waals surface area contributed by atoms with Crippen LogP contribution in [0.5, 0.6) is 0 Å². The van der Waals surface area contributed by atoms with Gasteiger partial charge in [-0.15, -0.1) is 0 Å². The van der Waals surface area contributed by atoms with Gasteiger partial charge >= 0.3 is 0 Å². The van der Waals surface area contributed by atoms with Gasteiger partial charge in [0.15, 0.2) is 0 Å². The second-order valence-corrected chi connectivity index (χ2v) is 5.61. The van der Waals surface area contributed by atoms with Crippen molar-refractivity contribution >= 4 is 0 Å². The van der Waals surface area contributed by atoms with Gasteiger partial charge in [0.05, 0.1) is 0 Å². The summed E-state index contributed by atoms with van der Waals surface area (Å²) in [6.07, 6.45) is 8.27. The summed E-state index contributed by atoms with van der Waals surface area (Å²) in [5.41, 5.74) is 0.536. The van der Waals surface area contributed by atoms with E-state index in [9.17, 15) is 0 Å². The van der Waals surface area contributed by atoms with Gasteiger partial charge in [-0.3, -0.25) is 0 Å². The molecule has 0 amide bonds. The van der Waals surface area contributed by atoms with Gasteiger partial charge in [-0.2, -0.15) is 0 Å². The van der Waals surface area contributed by atoms with Crippen molar-refractivity contribution in [1.29, 1.82) is 0 Å². The standard InChI is InChI=1S/C13H26N2/c1-3-13(6-4-7-13)15-10-12-5-8-14-11(2)9-12/h11-12,14-15H,3-10H2,1-2H3. The zero-order valence-corrected chi connectivity index (χ0v) is 10.3. The quantitative estimate of drug-likeness (QED) is 0.744. The molecule has 15 heavy (non-hydrogen) atoms. The highest BCUT2D eigenvalue weighted by Crippen LogP contribution is 2.35. The van der Waals surface area contributed by atoms with Gasteiger partial charge < -0.3 is 10.6 Å². The first kappa shape index (κ1) is 11.4. The van der Waals surface area contributed by atoms with Crippen molar-refractivity contribution in [2.45, 2.75) is 64.0 Å². The lowest BCUT2D eigenvalue weighted by molar-refractivity contribution is 0.158. The SMILES string of the molecule is CCC1(NCC2CCNC(C)C2)CCC1. The molecule has 1 aliphatic heterocycles. The largest absolute Gasteiger partial charge is 0.314 e. The van der Waals surface area contributed by atoms with Crippen LogP contribution < -0.4 is 10.6 Å². The minimum atomic E-state index is 0.536. The minimum Gasteiger partial charge on any atom is -0.314 e. The summed E-state index contributed by atoms with van der Waals surface area (Å²) in [5.74, 6) is 0.908. The monoisotopic (exact) mass is 210 g/mol. The van der Waals surface area contributed by atoms with Crippen molar-refractivity contribution in [1.82, 2.24) is 10.6 Å². The molecule has 0 radical (unpaired) electrons. The predicted octanol–water partition coefficient (Wildman–Crippen LogP) is 2.30. The first-order valence-electron chi connectivity index (χ1n) is 6.72. The summed E-state index contributed by atoms with van der Waals surface area (Å²) in [7, 11) is 0. The zero-order valence-electron chi connectivity index (χ0n) is 10.3. The maximum Gasteiger partial charge on any atom is 0.0179 e. The van der Waals surface area contributed by atoms with Crippen LogP contribution in [0.3, 0.4) is 0 Å². The number of piperidine rings is 1. The molecule has 2 nitrogen and oxygen atoms in total. The summed E-state index contributed by atoms with van der Waals surface area (Å²) in [5, 5.41) is 7.37. The fraction of sp³-hybridized carbons (Fsp3) is 1.00. The van der Waals surface area contributed by atoms with Crippen LogP contribution in [0.2, 0.25) is 0 Å². The molecular formula is C13H26N2. The van der Waals surface area contributed by atoms with Crippen molar-refractivity contribution in [3.8, 4) is 0 Å². The number of hydrogen-bond donors (Lipinski definition) is 2. The molecule has 2 unspecified atom stereocenters. The van der Waals surface area contributed by atoms with E-state index in [4.69, 9.17) is 0 Å². The molecule has 2 atom stereocenters. The van der Waals surface area contributed by atoms with Crippen LogP contribution in [-0.4, -0.2) is 24.7 Å². The lowest BCUT2D eigenvalue weighted by atomic mass is 9.74. The number of rotatable bonds is 4. The van der Waals surface area contributed by atoms with E-state index < -0.39 is 0 Å². The second-order valence-electron chi connectivity index (χ2n) is 5.61. The molecule has 2 aliphatic rings. The van der Waals surface area contributed by atoms with E-state index in [2.05, 4.69) is 24.5 Å². The molecule has 0 aromatic rings. The van der Waals surface area contributed by atoms with Crippen LogP contribution in [-0.2, 0) is 0 Å². The van der Waals surface area contributed by atoms with E-state index in [0.29, 0.717) is 5.54 Å². The van der Waals surface area contributed by atoms with E-state index in [1.807, 2.05) is 0 Å². The van der Waals surface area contributed by atoms with Gasteiger partial charge in [-0.1, -0.05) is 6.92 Å². The van der Waals surface area contributed by atoms with Crippen LogP contribution in [0.4, 0.5) is 0 Å². The minimum absolute atomic E-state index is 0.536. The Morgan fingerprint density at radius 1 is 1.40 bits per heavy atom. The highest BCUT2D eigenvalue weighted by atomic mass is 15.0. The molecule has 2 heteroatoms. The third-order valence-electron chi connectivity index (χ3n) is 4.49. The molecule has 0 aromatic carbocycles. The highest BCUT2D eigenvalue weighted by molar-refractivity contribution is 4.95. The molecule has 0 spiro atoms. The predicted molar refractivity (Wildman–Crippen MR) is 65.1 cm³/mol. The third-order valence-corrected chi connectivity index (χ3v) is 4.49. The molecule has 1 aliphatic carbocycles. The van der Waals surface area contributed by atoms with Crippen molar-refractivity contribution in [2.75, 3.05) is 13.1 Å². The fourth-order valence-corrected chi connectivity index (χ4v) is 3.04. The molecule has 0 aromatic heterocycles. The van der Waals surface area contributed by atoms with Crippen molar-refractivity contribution in [3.05, 3.63) is 0 Å². The first-order valence-corrected chi connectivity index (χ1v) is 6.72. The Labute approximate surface area is 94.2 Å². The topological polar surface area (TPSA) is 24.1 Å². The molecule has 0 bridgehead atoms. The Morgan fingerprint density at radius 3 is 2.73 bits per heavy atom. The van der Waals surface area contributed by atoms with E-state index in [1.54, 1.807) is 0 Å². The first-order chi connectivity index (χ1) is 7.24. The fourth-order valence-electron chi connectivity index (χ4n) is 3.04. The Hall–Kier alpha value is -0.0800. The number of nitrogens with one attached hydrogen (secondary N) is 2. The van der Waals surface area contributed by atoms with Crippen molar-refractivity contribution < 1.29 is 0 Å². The number of hydrogen-bond acceptors (Lipinski definition) is 2. The van der Waals surface area contributed by atoms with Crippen molar-refractivity contribution in [3.63, 3.8) is 0 Å². The van der Waals surface area contributed by atoms with Crippen LogP contribution >= 0.6 is 0 Å². The second kappa shape index (κ2) is 4.84. The third kappa shape index (κ3) is 2.73. The summed E-state index contributed by atoms with van der Waals surface area (Å²) < 4.78 is 0. The molecule has 2 fully saturated rings. The van der Waals surface area contributed by atoms with E-state index >= 15 is 0 Å². The normalized spacial score (nSPS) is 34.8. The molecule has 2 rings (SSSR count). The van der Waals surface area contributed by atoms with Gasteiger partial charge in [0, 0.05) is 11.6 Å². The highest BCUT2D eigenvalue weighted by Gasteiger charge is 2.35. The lowest BCUT2D eigenvalue weighted by Crippen LogP contribution is -2.53. The lowest BCUT2D eigenvalue weighted by Gasteiger charge is -2.44. The van der Waals surface area contributed by atoms with Crippen LogP contribution in [0.1, 0.15) is 52.4 Å². The summed E-state index contributed by atoms with van der Waals surface area (Å²) in [6, 6.07) is 0.726. The smallest absolute Gasteiger partial charge is 0.0179 e. The average Bonchev–Trinajstić information content (AvgIpc) is 2.17. The van der Waals surface area contributed by atoms with E-state index in [0.717, 1.165) is 12.0 Å². The van der Waals surface area contributed by atoms with Crippen LogP contribution in [0.25, 0.3) is 0 Å². The molecule has 1 heterocycles.